The van der Waals surface area contributed by atoms with E-state index in [1.165, 1.54) is 28.5 Å². The van der Waals surface area contributed by atoms with E-state index in [0.29, 0.717) is 21.6 Å². The minimum Gasteiger partial charge on any atom is -0.318 e. The van der Waals surface area contributed by atoms with Crippen molar-refractivity contribution in [1.29, 1.82) is 0 Å². The molecule has 0 amide bonds. The Kier molecular flexibility index (Phi) is 5.30. The maximum atomic E-state index is 13.3. The number of hydrogen-bond donors (Lipinski definition) is 0. The van der Waals surface area contributed by atoms with Crippen molar-refractivity contribution >= 4 is 28.4 Å². The van der Waals surface area contributed by atoms with Crippen LogP contribution in [0.4, 0.5) is 4.39 Å². The molecule has 0 aliphatic carbocycles. The highest BCUT2D eigenvalue weighted by Gasteiger charge is 2.18. The summed E-state index contributed by atoms with van der Waals surface area (Å²) in [6.45, 7) is 3.78. The maximum absolute atomic E-state index is 13.3. The number of carbonyl (C=O) groups excluding carboxylic acids is 1. The summed E-state index contributed by atoms with van der Waals surface area (Å²) in [4.78, 5) is 30.0. The molecule has 0 fully saturated rings. The molecule has 0 spiro atoms. The molecule has 4 aromatic rings. The first-order valence-electron chi connectivity index (χ1n) is 9.43. The van der Waals surface area contributed by atoms with E-state index < -0.39 is 0 Å². The molecule has 152 valence electrons. The van der Waals surface area contributed by atoms with E-state index in [1.54, 1.807) is 37.4 Å². The van der Waals surface area contributed by atoms with Gasteiger partial charge in [0.1, 0.15) is 5.82 Å². The smallest absolute Gasteiger partial charge is 0.261 e. The number of fused-ring (bicyclic) bond motifs is 1. The van der Waals surface area contributed by atoms with Gasteiger partial charge < -0.3 is 4.57 Å². The van der Waals surface area contributed by atoms with Gasteiger partial charge in [0.15, 0.2) is 10.9 Å². The number of nitrogens with zero attached hydrogens (tertiary/aromatic N) is 3. The topological polar surface area (TPSA) is 56.9 Å². The van der Waals surface area contributed by atoms with Crippen molar-refractivity contribution in [2.45, 2.75) is 19.0 Å². The minimum atomic E-state index is -0.303. The van der Waals surface area contributed by atoms with Crippen LogP contribution in [0.2, 0.25) is 0 Å². The summed E-state index contributed by atoms with van der Waals surface area (Å²) in [5, 5.41) is 1.05. The summed E-state index contributed by atoms with van der Waals surface area (Å²) in [6.07, 6.45) is 0. The van der Waals surface area contributed by atoms with Crippen LogP contribution in [0.5, 0.6) is 0 Å². The predicted molar refractivity (Wildman–Crippen MR) is 117 cm³/mol. The van der Waals surface area contributed by atoms with Gasteiger partial charge in [0.05, 0.1) is 16.7 Å². The number of hydrogen-bond acceptors (Lipinski definition) is 4. The van der Waals surface area contributed by atoms with Gasteiger partial charge in [-0.25, -0.2) is 9.37 Å². The molecular weight excluding hydrogens is 401 g/mol. The second kappa shape index (κ2) is 7.91. The van der Waals surface area contributed by atoms with E-state index in [2.05, 4.69) is 4.98 Å². The Labute approximate surface area is 177 Å². The Balaban J connectivity index is 1.60. The molecule has 5 nitrogen and oxygen atoms in total. The zero-order chi connectivity index (χ0) is 21.4. The van der Waals surface area contributed by atoms with Crippen molar-refractivity contribution in [3.05, 3.63) is 87.7 Å². The number of ketones is 1. The molecular formula is C23H20FN3O2S. The van der Waals surface area contributed by atoms with E-state index in [-0.39, 0.29) is 22.9 Å². The zero-order valence-electron chi connectivity index (χ0n) is 16.8. The first kappa shape index (κ1) is 20.1. The van der Waals surface area contributed by atoms with Crippen molar-refractivity contribution < 1.29 is 9.18 Å². The molecule has 0 N–H and O–H groups in total. The standard InChI is InChI=1S/C23H20FN3O2S/c1-14-12-19(15(2)27(14)17-10-8-16(24)9-11-17)21(28)13-30-23-25-20-7-5-4-6-18(20)22(29)26(23)3/h4-12H,13H2,1-3H3. The predicted octanol–water partition coefficient (Wildman–Crippen LogP) is 4.46. The van der Waals surface area contributed by atoms with Gasteiger partial charge in [-0.15, -0.1) is 0 Å². The van der Waals surface area contributed by atoms with E-state index in [9.17, 15) is 14.0 Å². The third-order valence-electron chi connectivity index (χ3n) is 5.09. The highest BCUT2D eigenvalue weighted by atomic mass is 32.2. The lowest BCUT2D eigenvalue weighted by Crippen LogP contribution is -2.20. The lowest BCUT2D eigenvalue weighted by molar-refractivity contribution is 0.102. The van der Waals surface area contributed by atoms with Crippen LogP contribution in [-0.4, -0.2) is 25.7 Å². The molecule has 2 heterocycles. The van der Waals surface area contributed by atoms with Gasteiger partial charge in [0.25, 0.3) is 5.56 Å². The molecule has 0 saturated heterocycles. The number of rotatable bonds is 5. The Hall–Kier alpha value is -3.19. The number of halogens is 1. The zero-order valence-corrected chi connectivity index (χ0v) is 17.7. The monoisotopic (exact) mass is 421 g/mol. The second-order valence-electron chi connectivity index (χ2n) is 7.08. The molecule has 2 aromatic heterocycles. The van der Waals surface area contributed by atoms with Gasteiger partial charge >= 0.3 is 0 Å². The van der Waals surface area contributed by atoms with Crippen LogP contribution in [0.1, 0.15) is 21.7 Å². The highest BCUT2D eigenvalue weighted by molar-refractivity contribution is 7.99. The van der Waals surface area contributed by atoms with Crippen molar-refractivity contribution in [3.63, 3.8) is 0 Å². The largest absolute Gasteiger partial charge is 0.318 e. The molecule has 0 aliphatic heterocycles. The summed E-state index contributed by atoms with van der Waals surface area (Å²) in [5.41, 5.74) is 3.58. The van der Waals surface area contributed by atoms with Gasteiger partial charge in [0, 0.05) is 29.7 Å². The number of aromatic nitrogens is 3. The fourth-order valence-corrected chi connectivity index (χ4v) is 4.42. The van der Waals surface area contributed by atoms with Crippen LogP contribution in [0.3, 0.4) is 0 Å². The molecule has 0 atom stereocenters. The third kappa shape index (κ3) is 3.57. The van der Waals surface area contributed by atoms with E-state index >= 15 is 0 Å². The summed E-state index contributed by atoms with van der Waals surface area (Å²) in [5.74, 6) is -0.196. The number of Topliss-reactive ketones (excluding diaryl/α,β-unsaturated/α-hetero) is 1. The Morgan fingerprint density at radius 1 is 1.10 bits per heavy atom. The Morgan fingerprint density at radius 3 is 2.53 bits per heavy atom. The van der Waals surface area contributed by atoms with Crippen LogP contribution >= 0.6 is 11.8 Å². The van der Waals surface area contributed by atoms with Crippen LogP contribution in [-0.2, 0) is 7.05 Å². The fraction of sp³-hybridized carbons (Fsp3) is 0.174. The number of para-hydroxylation sites is 1. The maximum Gasteiger partial charge on any atom is 0.261 e. The third-order valence-corrected chi connectivity index (χ3v) is 6.12. The van der Waals surface area contributed by atoms with Crippen LogP contribution in [0.15, 0.2) is 64.5 Å². The lowest BCUT2D eigenvalue weighted by atomic mass is 10.2. The van der Waals surface area contributed by atoms with E-state index in [4.69, 9.17) is 0 Å². The van der Waals surface area contributed by atoms with Crippen molar-refractivity contribution in [2.75, 3.05) is 5.75 Å². The lowest BCUT2D eigenvalue weighted by Gasteiger charge is -2.10. The van der Waals surface area contributed by atoms with Gasteiger partial charge in [0.2, 0.25) is 0 Å². The van der Waals surface area contributed by atoms with Gasteiger partial charge in [-0.3, -0.25) is 14.2 Å². The Morgan fingerprint density at radius 2 is 1.80 bits per heavy atom. The van der Waals surface area contributed by atoms with Crippen LogP contribution in [0, 0.1) is 19.7 Å². The molecule has 0 aliphatic rings. The molecule has 0 radical (unpaired) electrons. The quantitative estimate of drug-likeness (QED) is 0.271. The Bertz CT molecular complexity index is 1320. The van der Waals surface area contributed by atoms with E-state index in [0.717, 1.165) is 17.1 Å². The first-order valence-corrected chi connectivity index (χ1v) is 10.4. The molecule has 2 aromatic carbocycles. The van der Waals surface area contributed by atoms with Gasteiger partial charge in [-0.05, 0) is 56.3 Å². The normalized spacial score (nSPS) is 11.2. The summed E-state index contributed by atoms with van der Waals surface area (Å²) >= 11 is 1.24. The molecule has 4 rings (SSSR count). The van der Waals surface area contributed by atoms with Crippen molar-refractivity contribution in [1.82, 2.24) is 14.1 Å². The first-order chi connectivity index (χ1) is 14.4. The van der Waals surface area contributed by atoms with Crippen molar-refractivity contribution in [3.8, 4) is 5.69 Å². The van der Waals surface area contributed by atoms with Crippen LogP contribution < -0.4 is 5.56 Å². The van der Waals surface area contributed by atoms with Gasteiger partial charge in [-0.2, -0.15) is 0 Å². The highest BCUT2D eigenvalue weighted by Crippen LogP contribution is 2.24. The molecule has 7 heteroatoms. The van der Waals surface area contributed by atoms with Gasteiger partial charge in [-0.1, -0.05) is 23.9 Å². The van der Waals surface area contributed by atoms with Crippen molar-refractivity contribution in [2.24, 2.45) is 7.05 Å². The average Bonchev–Trinajstić information content (AvgIpc) is 3.04. The molecule has 0 unspecified atom stereocenters. The summed E-state index contributed by atoms with van der Waals surface area (Å²) < 4.78 is 16.7. The number of carbonyl (C=O) groups is 1. The SMILES string of the molecule is Cc1cc(C(=O)CSc2nc3ccccc3c(=O)n2C)c(C)n1-c1ccc(F)cc1. The summed E-state index contributed by atoms with van der Waals surface area (Å²) in [7, 11) is 1.66. The minimum absolute atomic E-state index is 0.0520. The number of aryl methyl sites for hydroxylation is 1. The second-order valence-corrected chi connectivity index (χ2v) is 8.03. The average molecular weight is 421 g/mol. The number of benzene rings is 2. The molecule has 0 saturated carbocycles. The van der Waals surface area contributed by atoms with E-state index in [1.807, 2.05) is 30.5 Å². The fourth-order valence-electron chi connectivity index (χ4n) is 3.57. The molecule has 0 bridgehead atoms. The molecule has 30 heavy (non-hydrogen) atoms. The van der Waals surface area contributed by atoms with Crippen LogP contribution in [0.25, 0.3) is 16.6 Å². The number of thioether (sulfide) groups is 1. The summed E-state index contributed by atoms with van der Waals surface area (Å²) in [6, 6.07) is 15.2.